The van der Waals surface area contributed by atoms with Crippen LogP contribution in [0.25, 0.3) is 22.4 Å². The molecule has 0 fully saturated rings. The summed E-state index contributed by atoms with van der Waals surface area (Å²) in [5.41, 5.74) is 1.43. The maximum atomic E-state index is 13.0. The van der Waals surface area contributed by atoms with E-state index in [9.17, 15) is 4.79 Å². The second kappa shape index (κ2) is 5.76. The first-order valence-corrected chi connectivity index (χ1v) is 8.22. The molecular weight excluding hydrogens is 324 g/mol. The van der Waals surface area contributed by atoms with Crippen molar-refractivity contribution in [2.24, 2.45) is 0 Å². The van der Waals surface area contributed by atoms with Gasteiger partial charge in [0.25, 0.3) is 5.56 Å². The first kappa shape index (κ1) is 14.9. The van der Waals surface area contributed by atoms with Crippen molar-refractivity contribution in [2.75, 3.05) is 0 Å². The van der Waals surface area contributed by atoms with Gasteiger partial charge < -0.3 is 0 Å². The third-order valence-corrected chi connectivity index (χ3v) is 4.30. The highest BCUT2D eigenvalue weighted by Gasteiger charge is 2.16. The van der Waals surface area contributed by atoms with Crippen LogP contribution in [0.2, 0.25) is 5.02 Å². The molecule has 0 spiro atoms. The Balaban J connectivity index is 2.17. The van der Waals surface area contributed by atoms with Crippen molar-refractivity contribution in [1.82, 2.24) is 19.2 Å². The van der Waals surface area contributed by atoms with Crippen molar-refractivity contribution in [1.29, 1.82) is 0 Å². The third-order valence-electron chi connectivity index (χ3n) is 4.05. The molecule has 4 aromatic rings. The molecule has 2 aromatic carbocycles. The van der Waals surface area contributed by atoms with Gasteiger partial charge in [0.05, 0.1) is 16.6 Å². The van der Waals surface area contributed by atoms with E-state index < -0.39 is 0 Å². The van der Waals surface area contributed by atoms with Crippen LogP contribution in [0.15, 0.2) is 53.3 Å². The van der Waals surface area contributed by atoms with Crippen molar-refractivity contribution in [3.05, 3.63) is 69.7 Å². The predicted molar refractivity (Wildman–Crippen MR) is 95.1 cm³/mol. The van der Waals surface area contributed by atoms with Gasteiger partial charge >= 0.3 is 0 Å². The van der Waals surface area contributed by atoms with Crippen molar-refractivity contribution >= 4 is 28.3 Å². The van der Waals surface area contributed by atoms with Crippen LogP contribution < -0.4 is 5.56 Å². The lowest BCUT2D eigenvalue weighted by Crippen LogP contribution is -2.22. The molecule has 0 atom stereocenters. The predicted octanol–water partition coefficient (Wildman–Crippen LogP) is 3.64. The average Bonchev–Trinajstić information content (AvgIpc) is 3.01. The van der Waals surface area contributed by atoms with Crippen molar-refractivity contribution in [2.45, 2.75) is 19.8 Å². The summed E-state index contributed by atoms with van der Waals surface area (Å²) in [6.45, 7) is 2.10. The molecule has 0 saturated carbocycles. The van der Waals surface area contributed by atoms with Gasteiger partial charge in [-0.2, -0.15) is 0 Å². The molecular formula is C18H15ClN4O. The standard InChI is InChI=1S/C18H15ClN4O/c1-2-5-16-20-21-18-22(13-10-8-12(19)9-11-13)17(24)14-6-3-4-7-15(14)23(16)18/h3-4,6-11H,2,5H2,1H3. The third kappa shape index (κ3) is 2.20. The molecule has 2 heterocycles. The summed E-state index contributed by atoms with van der Waals surface area (Å²) in [7, 11) is 0. The minimum Gasteiger partial charge on any atom is -0.268 e. The summed E-state index contributed by atoms with van der Waals surface area (Å²) in [4.78, 5) is 13.0. The molecule has 120 valence electrons. The normalized spacial score (nSPS) is 11.4. The van der Waals surface area contributed by atoms with Crippen LogP contribution in [0.1, 0.15) is 19.2 Å². The zero-order valence-corrected chi connectivity index (χ0v) is 13.9. The van der Waals surface area contributed by atoms with Gasteiger partial charge in [-0.05, 0) is 42.8 Å². The summed E-state index contributed by atoms with van der Waals surface area (Å²) < 4.78 is 3.56. The molecule has 0 radical (unpaired) electrons. The molecule has 5 nitrogen and oxygen atoms in total. The summed E-state index contributed by atoms with van der Waals surface area (Å²) in [5, 5.41) is 9.86. The average molecular weight is 339 g/mol. The molecule has 0 aliphatic rings. The highest BCUT2D eigenvalue weighted by atomic mass is 35.5. The van der Waals surface area contributed by atoms with Crippen LogP contribution in [0.5, 0.6) is 0 Å². The molecule has 0 bridgehead atoms. The van der Waals surface area contributed by atoms with E-state index in [1.165, 1.54) is 0 Å². The molecule has 0 saturated heterocycles. The number of aryl methyl sites for hydroxylation is 1. The Hall–Kier alpha value is -2.66. The summed E-state index contributed by atoms with van der Waals surface area (Å²) in [6.07, 6.45) is 1.75. The molecule has 0 N–H and O–H groups in total. The Morgan fingerprint density at radius 3 is 2.54 bits per heavy atom. The lowest BCUT2D eigenvalue weighted by Gasteiger charge is -2.11. The Kier molecular flexibility index (Phi) is 3.58. The van der Waals surface area contributed by atoms with Crippen molar-refractivity contribution in [3.63, 3.8) is 0 Å². The van der Waals surface area contributed by atoms with E-state index in [-0.39, 0.29) is 5.56 Å². The largest absolute Gasteiger partial charge is 0.268 e. The minimum absolute atomic E-state index is 0.115. The number of rotatable bonds is 3. The quantitative estimate of drug-likeness (QED) is 0.573. The monoisotopic (exact) mass is 338 g/mol. The Morgan fingerprint density at radius 1 is 1.04 bits per heavy atom. The highest BCUT2D eigenvalue weighted by molar-refractivity contribution is 6.30. The number of para-hydroxylation sites is 1. The van der Waals surface area contributed by atoms with Gasteiger partial charge in [0, 0.05) is 11.4 Å². The van der Waals surface area contributed by atoms with Gasteiger partial charge in [-0.3, -0.25) is 9.20 Å². The van der Waals surface area contributed by atoms with Crippen LogP contribution >= 0.6 is 11.6 Å². The highest BCUT2D eigenvalue weighted by Crippen LogP contribution is 2.19. The van der Waals surface area contributed by atoms with Crippen molar-refractivity contribution in [3.8, 4) is 5.69 Å². The number of halogens is 1. The number of fused-ring (bicyclic) bond motifs is 3. The summed E-state index contributed by atoms with van der Waals surface area (Å²) >= 11 is 5.98. The molecule has 24 heavy (non-hydrogen) atoms. The number of hydrogen-bond acceptors (Lipinski definition) is 3. The molecule has 0 aliphatic carbocycles. The molecule has 2 aromatic heterocycles. The molecule has 0 aliphatic heterocycles. The maximum Gasteiger partial charge on any atom is 0.267 e. The van der Waals surface area contributed by atoms with E-state index >= 15 is 0 Å². The van der Waals surface area contributed by atoms with Gasteiger partial charge in [0.15, 0.2) is 0 Å². The lowest BCUT2D eigenvalue weighted by atomic mass is 10.2. The zero-order chi connectivity index (χ0) is 16.7. The Morgan fingerprint density at radius 2 is 1.79 bits per heavy atom. The van der Waals surface area contributed by atoms with Gasteiger partial charge in [-0.1, -0.05) is 30.7 Å². The van der Waals surface area contributed by atoms with Crippen LogP contribution in [-0.4, -0.2) is 19.2 Å². The Bertz CT molecular complexity index is 1100. The smallest absolute Gasteiger partial charge is 0.267 e. The van der Waals surface area contributed by atoms with Crippen LogP contribution in [-0.2, 0) is 6.42 Å². The molecule has 4 rings (SSSR count). The van der Waals surface area contributed by atoms with E-state index in [0.29, 0.717) is 16.2 Å². The van der Waals surface area contributed by atoms with E-state index in [1.54, 1.807) is 16.7 Å². The summed E-state index contributed by atoms with van der Waals surface area (Å²) in [6, 6.07) is 14.7. The minimum atomic E-state index is -0.115. The maximum absolute atomic E-state index is 13.0. The van der Waals surface area contributed by atoms with Gasteiger partial charge in [0.1, 0.15) is 5.82 Å². The lowest BCUT2D eigenvalue weighted by molar-refractivity contribution is 0.823. The topological polar surface area (TPSA) is 52.2 Å². The van der Waals surface area contributed by atoms with Crippen LogP contribution in [0.4, 0.5) is 0 Å². The van der Waals surface area contributed by atoms with E-state index in [4.69, 9.17) is 11.6 Å². The van der Waals surface area contributed by atoms with Crippen LogP contribution in [0, 0.1) is 0 Å². The first-order chi connectivity index (χ1) is 11.7. The van der Waals surface area contributed by atoms with E-state index in [0.717, 1.165) is 29.9 Å². The summed E-state index contributed by atoms with van der Waals surface area (Å²) in [5.74, 6) is 1.37. The second-order valence-electron chi connectivity index (χ2n) is 5.64. The Labute approximate surface area is 143 Å². The van der Waals surface area contributed by atoms with Crippen molar-refractivity contribution < 1.29 is 0 Å². The van der Waals surface area contributed by atoms with Gasteiger partial charge in [0.2, 0.25) is 5.78 Å². The van der Waals surface area contributed by atoms with E-state index in [2.05, 4.69) is 17.1 Å². The fraction of sp³-hybridized carbons (Fsp3) is 0.167. The zero-order valence-electron chi connectivity index (χ0n) is 13.1. The molecule has 6 heteroatoms. The van der Waals surface area contributed by atoms with Crippen LogP contribution in [0.3, 0.4) is 0 Å². The van der Waals surface area contributed by atoms with E-state index in [1.807, 2.05) is 40.8 Å². The number of benzene rings is 2. The number of nitrogens with zero attached hydrogens (tertiary/aromatic N) is 4. The molecule has 0 unspecified atom stereocenters. The van der Waals surface area contributed by atoms with Gasteiger partial charge in [-0.15, -0.1) is 10.2 Å². The fourth-order valence-electron chi connectivity index (χ4n) is 2.97. The number of aromatic nitrogens is 4. The first-order valence-electron chi connectivity index (χ1n) is 7.84. The van der Waals surface area contributed by atoms with Gasteiger partial charge in [-0.25, -0.2) is 4.57 Å². The second-order valence-corrected chi connectivity index (χ2v) is 6.07. The SMILES string of the molecule is CCCc1nnc2n(-c3ccc(Cl)cc3)c(=O)c3ccccc3n12. The number of hydrogen-bond donors (Lipinski definition) is 0. The fourth-order valence-corrected chi connectivity index (χ4v) is 3.09. The molecule has 0 amide bonds.